The molecule has 0 fully saturated rings. The molecule has 0 radical (unpaired) electrons. The lowest BCUT2D eigenvalue weighted by atomic mass is 10.1. The van der Waals surface area contributed by atoms with Crippen molar-refractivity contribution in [3.63, 3.8) is 0 Å². The number of halogens is 1. The number of carbonyl (C=O) groups excluding carboxylic acids is 1. The number of hydrogen-bond acceptors (Lipinski definition) is 3. The number of para-hydroxylation sites is 1. The smallest absolute Gasteiger partial charge is 0.162 e. The first-order valence-corrected chi connectivity index (χ1v) is 6.20. The summed E-state index contributed by atoms with van der Waals surface area (Å²) in [5.41, 5.74) is 6.66. The standard InChI is InChI=1S/C14H12BrNO2/c1-9(17)11-8-10(6-7-13(11)16)18-14-5-3-2-4-12(14)15/h2-8H,16H2,1H3. The molecule has 2 aromatic rings. The number of benzene rings is 2. The number of carbonyl (C=O) groups is 1. The van der Waals surface area contributed by atoms with Crippen molar-refractivity contribution in [3.8, 4) is 11.5 Å². The van der Waals surface area contributed by atoms with E-state index in [4.69, 9.17) is 10.5 Å². The lowest BCUT2D eigenvalue weighted by Crippen LogP contribution is -1.99. The van der Waals surface area contributed by atoms with Crippen LogP contribution in [-0.2, 0) is 0 Å². The quantitative estimate of drug-likeness (QED) is 0.688. The van der Waals surface area contributed by atoms with Crippen LogP contribution >= 0.6 is 15.9 Å². The van der Waals surface area contributed by atoms with Gasteiger partial charge in [0.15, 0.2) is 5.78 Å². The van der Waals surface area contributed by atoms with Gasteiger partial charge < -0.3 is 10.5 Å². The van der Waals surface area contributed by atoms with Crippen molar-refractivity contribution >= 4 is 27.4 Å². The van der Waals surface area contributed by atoms with Crippen LogP contribution < -0.4 is 10.5 Å². The first kappa shape index (κ1) is 12.6. The fourth-order valence-electron chi connectivity index (χ4n) is 1.56. The van der Waals surface area contributed by atoms with Crippen molar-refractivity contribution in [2.75, 3.05) is 5.73 Å². The van der Waals surface area contributed by atoms with Gasteiger partial charge >= 0.3 is 0 Å². The van der Waals surface area contributed by atoms with Crippen molar-refractivity contribution in [3.05, 3.63) is 52.5 Å². The highest BCUT2D eigenvalue weighted by Gasteiger charge is 2.08. The molecule has 92 valence electrons. The number of nitrogens with two attached hydrogens (primary N) is 1. The van der Waals surface area contributed by atoms with Crippen molar-refractivity contribution in [2.45, 2.75) is 6.92 Å². The summed E-state index contributed by atoms with van der Waals surface area (Å²) in [7, 11) is 0. The lowest BCUT2D eigenvalue weighted by Gasteiger charge is -2.09. The number of ether oxygens (including phenoxy) is 1. The molecule has 0 spiro atoms. The van der Waals surface area contributed by atoms with Crippen LogP contribution in [0.25, 0.3) is 0 Å². The molecule has 4 heteroatoms. The summed E-state index contributed by atoms with van der Waals surface area (Å²) in [6, 6.07) is 12.6. The molecule has 0 bridgehead atoms. The average Bonchev–Trinajstić information content (AvgIpc) is 2.34. The van der Waals surface area contributed by atoms with Gasteiger partial charge in [-0.2, -0.15) is 0 Å². The summed E-state index contributed by atoms with van der Waals surface area (Å²) in [5, 5.41) is 0. The molecule has 0 aromatic heterocycles. The first-order chi connectivity index (χ1) is 8.58. The van der Waals surface area contributed by atoms with Crippen molar-refractivity contribution in [2.24, 2.45) is 0 Å². The van der Waals surface area contributed by atoms with E-state index < -0.39 is 0 Å². The van der Waals surface area contributed by atoms with E-state index in [9.17, 15) is 4.79 Å². The molecule has 0 saturated heterocycles. The van der Waals surface area contributed by atoms with Gasteiger partial charge in [0, 0.05) is 11.3 Å². The minimum atomic E-state index is -0.0786. The Labute approximate surface area is 114 Å². The van der Waals surface area contributed by atoms with Crippen LogP contribution in [0.4, 0.5) is 5.69 Å². The normalized spacial score (nSPS) is 10.1. The molecular formula is C14H12BrNO2. The summed E-state index contributed by atoms with van der Waals surface area (Å²) in [4.78, 5) is 11.4. The highest BCUT2D eigenvalue weighted by atomic mass is 79.9. The van der Waals surface area contributed by atoms with Crippen LogP contribution in [-0.4, -0.2) is 5.78 Å². The van der Waals surface area contributed by atoms with Gasteiger partial charge in [-0.3, -0.25) is 4.79 Å². The van der Waals surface area contributed by atoms with Gasteiger partial charge in [-0.15, -0.1) is 0 Å². The van der Waals surface area contributed by atoms with Gasteiger partial charge in [0.2, 0.25) is 0 Å². The Kier molecular flexibility index (Phi) is 3.67. The van der Waals surface area contributed by atoms with Gasteiger partial charge in [0.1, 0.15) is 11.5 Å². The van der Waals surface area contributed by atoms with Gasteiger partial charge in [0.25, 0.3) is 0 Å². The zero-order chi connectivity index (χ0) is 13.1. The lowest BCUT2D eigenvalue weighted by molar-refractivity contribution is 0.101. The Morgan fingerprint density at radius 2 is 1.94 bits per heavy atom. The molecule has 3 nitrogen and oxygen atoms in total. The van der Waals surface area contributed by atoms with E-state index >= 15 is 0 Å². The summed E-state index contributed by atoms with van der Waals surface area (Å²) < 4.78 is 6.55. The van der Waals surface area contributed by atoms with Crippen LogP contribution in [0.3, 0.4) is 0 Å². The Morgan fingerprint density at radius 1 is 1.22 bits per heavy atom. The van der Waals surface area contributed by atoms with Crippen LogP contribution in [0, 0.1) is 0 Å². The monoisotopic (exact) mass is 305 g/mol. The predicted octanol–water partition coefficient (Wildman–Crippen LogP) is 4.03. The maximum Gasteiger partial charge on any atom is 0.162 e. The second kappa shape index (κ2) is 5.23. The van der Waals surface area contributed by atoms with Gasteiger partial charge in [-0.1, -0.05) is 12.1 Å². The number of hydrogen-bond donors (Lipinski definition) is 1. The minimum Gasteiger partial charge on any atom is -0.456 e. The number of ketones is 1. The van der Waals surface area contributed by atoms with Crippen LogP contribution in [0.5, 0.6) is 11.5 Å². The van der Waals surface area contributed by atoms with Crippen LogP contribution in [0.15, 0.2) is 46.9 Å². The summed E-state index contributed by atoms with van der Waals surface area (Å²) in [6.45, 7) is 1.48. The maximum absolute atomic E-state index is 11.4. The second-order valence-corrected chi connectivity index (χ2v) is 4.69. The SMILES string of the molecule is CC(=O)c1cc(Oc2ccccc2Br)ccc1N. The van der Waals surface area contributed by atoms with E-state index in [1.54, 1.807) is 18.2 Å². The highest BCUT2D eigenvalue weighted by Crippen LogP contribution is 2.30. The topological polar surface area (TPSA) is 52.3 Å². The second-order valence-electron chi connectivity index (χ2n) is 3.84. The zero-order valence-corrected chi connectivity index (χ0v) is 11.4. The maximum atomic E-state index is 11.4. The fraction of sp³-hybridized carbons (Fsp3) is 0.0714. The highest BCUT2D eigenvalue weighted by molar-refractivity contribution is 9.10. The number of nitrogen functional groups attached to an aromatic ring is 1. The molecule has 0 aliphatic carbocycles. The Balaban J connectivity index is 2.33. The largest absolute Gasteiger partial charge is 0.456 e. The van der Waals surface area contributed by atoms with E-state index in [0.29, 0.717) is 22.7 Å². The molecule has 0 saturated carbocycles. The Bertz CT molecular complexity index is 596. The van der Waals surface area contributed by atoms with Crippen molar-refractivity contribution < 1.29 is 9.53 Å². The molecule has 2 aromatic carbocycles. The van der Waals surface area contributed by atoms with E-state index in [1.165, 1.54) is 6.92 Å². The summed E-state index contributed by atoms with van der Waals surface area (Å²) in [6.07, 6.45) is 0. The van der Waals surface area contributed by atoms with Crippen LogP contribution in [0.1, 0.15) is 17.3 Å². The number of anilines is 1. The van der Waals surface area contributed by atoms with Crippen molar-refractivity contribution in [1.29, 1.82) is 0 Å². The minimum absolute atomic E-state index is 0.0786. The Hall–Kier alpha value is -1.81. The first-order valence-electron chi connectivity index (χ1n) is 5.41. The van der Waals surface area contributed by atoms with Gasteiger partial charge in [-0.05, 0) is 53.2 Å². The van der Waals surface area contributed by atoms with E-state index in [0.717, 1.165) is 4.47 Å². The molecule has 0 aliphatic heterocycles. The third-order valence-electron chi connectivity index (χ3n) is 2.47. The van der Waals surface area contributed by atoms with Gasteiger partial charge in [0.05, 0.1) is 4.47 Å². The Morgan fingerprint density at radius 3 is 2.61 bits per heavy atom. The molecule has 0 unspecified atom stereocenters. The van der Waals surface area contributed by atoms with E-state index in [-0.39, 0.29) is 5.78 Å². The zero-order valence-electron chi connectivity index (χ0n) is 9.81. The predicted molar refractivity (Wildman–Crippen MR) is 75.1 cm³/mol. The molecule has 0 aliphatic rings. The third kappa shape index (κ3) is 2.71. The average molecular weight is 306 g/mol. The molecule has 2 N–H and O–H groups in total. The molecule has 18 heavy (non-hydrogen) atoms. The molecular weight excluding hydrogens is 294 g/mol. The van der Waals surface area contributed by atoms with E-state index in [2.05, 4.69) is 15.9 Å². The molecule has 0 heterocycles. The number of Topliss-reactive ketones (excluding diaryl/α,β-unsaturated/α-hetero) is 1. The summed E-state index contributed by atoms with van der Waals surface area (Å²) in [5.74, 6) is 1.20. The number of rotatable bonds is 3. The van der Waals surface area contributed by atoms with Gasteiger partial charge in [-0.25, -0.2) is 0 Å². The van der Waals surface area contributed by atoms with E-state index in [1.807, 2.05) is 24.3 Å². The summed E-state index contributed by atoms with van der Waals surface area (Å²) >= 11 is 3.40. The van der Waals surface area contributed by atoms with Crippen molar-refractivity contribution in [1.82, 2.24) is 0 Å². The molecule has 0 atom stereocenters. The molecule has 2 rings (SSSR count). The fourth-order valence-corrected chi connectivity index (χ4v) is 1.92. The molecule has 0 amide bonds. The van der Waals surface area contributed by atoms with Crippen LogP contribution in [0.2, 0.25) is 0 Å². The third-order valence-corrected chi connectivity index (χ3v) is 3.12.